The molecule has 0 bridgehead atoms. The normalized spacial score (nSPS) is 12.4. The number of aliphatic hydroxyl groups excluding tert-OH is 1. The lowest BCUT2D eigenvalue weighted by molar-refractivity contribution is 0.168. The smallest absolute Gasteiger partial charge is 0.0793 e. The first-order valence-electron chi connectivity index (χ1n) is 6.90. The Labute approximate surface area is 118 Å². The van der Waals surface area contributed by atoms with Crippen molar-refractivity contribution in [3.8, 4) is 0 Å². The first kappa shape index (κ1) is 12.8. The number of aliphatic hydroxyl groups is 1. The van der Waals surface area contributed by atoms with Crippen LogP contribution in [0.4, 0.5) is 0 Å². The van der Waals surface area contributed by atoms with Crippen LogP contribution in [0, 0.1) is 0 Å². The molecule has 0 fully saturated rings. The van der Waals surface area contributed by atoms with Gasteiger partial charge in [-0.3, -0.25) is 4.98 Å². The van der Waals surface area contributed by atoms with Crippen molar-refractivity contribution in [3.63, 3.8) is 0 Å². The van der Waals surface area contributed by atoms with Crippen molar-refractivity contribution in [1.82, 2.24) is 4.98 Å². The third-order valence-corrected chi connectivity index (χ3v) is 3.61. The molecule has 0 spiro atoms. The summed E-state index contributed by atoms with van der Waals surface area (Å²) in [5.74, 6) is 0. The van der Waals surface area contributed by atoms with E-state index in [1.807, 2.05) is 60.8 Å². The van der Waals surface area contributed by atoms with Gasteiger partial charge in [0, 0.05) is 11.6 Å². The molecular weight excluding hydrogens is 246 g/mol. The van der Waals surface area contributed by atoms with E-state index >= 15 is 0 Å². The van der Waals surface area contributed by atoms with Gasteiger partial charge in [-0.05, 0) is 36.1 Å². The molecule has 3 aromatic rings. The largest absolute Gasteiger partial charge is 0.388 e. The Hall–Kier alpha value is -2.19. The van der Waals surface area contributed by atoms with Gasteiger partial charge in [-0.1, -0.05) is 48.5 Å². The van der Waals surface area contributed by atoms with Crippen molar-refractivity contribution in [2.24, 2.45) is 0 Å². The number of nitrogens with zero attached hydrogens (tertiary/aromatic N) is 1. The number of rotatable bonds is 4. The molecule has 0 aliphatic heterocycles. The number of hydrogen-bond donors (Lipinski definition) is 1. The number of benzene rings is 2. The monoisotopic (exact) mass is 263 g/mol. The van der Waals surface area contributed by atoms with Gasteiger partial charge in [0.15, 0.2) is 0 Å². The molecule has 0 radical (unpaired) electrons. The second kappa shape index (κ2) is 5.85. The molecule has 2 nitrogen and oxygen atoms in total. The molecule has 1 unspecified atom stereocenters. The second-order valence-corrected chi connectivity index (χ2v) is 4.95. The van der Waals surface area contributed by atoms with Crippen molar-refractivity contribution in [3.05, 3.63) is 78.0 Å². The quantitative estimate of drug-likeness (QED) is 0.774. The Morgan fingerprint density at radius 3 is 2.50 bits per heavy atom. The van der Waals surface area contributed by atoms with Gasteiger partial charge >= 0.3 is 0 Å². The topological polar surface area (TPSA) is 33.1 Å². The summed E-state index contributed by atoms with van der Waals surface area (Å²) < 4.78 is 0. The van der Waals surface area contributed by atoms with E-state index < -0.39 is 6.10 Å². The molecule has 3 rings (SSSR count). The van der Waals surface area contributed by atoms with Crippen LogP contribution in [0.5, 0.6) is 0 Å². The van der Waals surface area contributed by atoms with E-state index in [0.717, 1.165) is 23.9 Å². The predicted octanol–water partition coefficient (Wildman–Crippen LogP) is 3.90. The summed E-state index contributed by atoms with van der Waals surface area (Å²) in [6, 6.07) is 20.0. The summed E-state index contributed by atoms with van der Waals surface area (Å²) in [6.45, 7) is 0. The van der Waals surface area contributed by atoms with E-state index in [1.165, 1.54) is 10.9 Å². The minimum Gasteiger partial charge on any atom is -0.388 e. The average Bonchev–Trinajstić information content (AvgIpc) is 2.53. The summed E-state index contributed by atoms with van der Waals surface area (Å²) in [5, 5.41) is 11.4. The van der Waals surface area contributed by atoms with E-state index in [-0.39, 0.29) is 0 Å². The van der Waals surface area contributed by atoms with E-state index in [2.05, 4.69) is 11.1 Å². The molecule has 100 valence electrons. The molecular formula is C18H17NO. The van der Waals surface area contributed by atoms with Gasteiger partial charge < -0.3 is 5.11 Å². The van der Waals surface area contributed by atoms with Crippen LogP contribution < -0.4 is 0 Å². The standard InChI is InChI=1S/C18H17NO/c20-18(15-6-2-1-3-7-15)11-10-14-12-13-19-17-9-5-4-8-16(14)17/h1-9,12-13,18,20H,10-11H2. The maximum absolute atomic E-state index is 10.2. The maximum Gasteiger partial charge on any atom is 0.0793 e. The lowest BCUT2D eigenvalue weighted by Crippen LogP contribution is -2.00. The molecule has 1 heterocycles. The number of aromatic nitrogens is 1. The van der Waals surface area contributed by atoms with E-state index in [0.29, 0.717) is 0 Å². The maximum atomic E-state index is 10.2. The van der Waals surface area contributed by atoms with Crippen LogP contribution in [0.3, 0.4) is 0 Å². The molecule has 1 N–H and O–H groups in total. The van der Waals surface area contributed by atoms with Gasteiger partial charge in [-0.2, -0.15) is 0 Å². The lowest BCUT2D eigenvalue weighted by Gasteiger charge is -2.12. The Kier molecular flexibility index (Phi) is 3.75. The zero-order chi connectivity index (χ0) is 13.8. The number of para-hydroxylation sites is 1. The fourth-order valence-corrected chi connectivity index (χ4v) is 2.51. The Morgan fingerprint density at radius 1 is 0.900 bits per heavy atom. The number of fused-ring (bicyclic) bond motifs is 1. The lowest BCUT2D eigenvalue weighted by atomic mass is 9.99. The van der Waals surface area contributed by atoms with Crippen LogP contribution in [-0.4, -0.2) is 10.1 Å². The van der Waals surface area contributed by atoms with Gasteiger partial charge in [-0.15, -0.1) is 0 Å². The van der Waals surface area contributed by atoms with Crippen molar-refractivity contribution < 1.29 is 5.11 Å². The van der Waals surface area contributed by atoms with Crippen LogP contribution >= 0.6 is 0 Å². The minimum atomic E-state index is -0.414. The molecule has 0 saturated heterocycles. The summed E-state index contributed by atoms with van der Waals surface area (Å²) in [7, 11) is 0. The Balaban J connectivity index is 1.77. The molecule has 2 aromatic carbocycles. The highest BCUT2D eigenvalue weighted by Gasteiger charge is 2.08. The SMILES string of the molecule is OC(CCc1ccnc2ccccc12)c1ccccc1. The Bertz CT molecular complexity index is 689. The molecule has 20 heavy (non-hydrogen) atoms. The second-order valence-electron chi connectivity index (χ2n) is 4.95. The fourth-order valence-electron chi connectivity index (χ4n) is 2.51. The number of hydrogen-bond acceptors (Lipinski definition) is 2. The van der Waals surface area contributed by atoms with Crippen LogP contribution in [0.2, 0.25) is 0 Å². The Morgan fingerprint density at radius 2 is 1.65 bits per heavy atom. The third-order valence-electron chi connectivity index (χ3n) is 3.61. The third kappa shape index (κ3) is 2.70. The molecule has 0 saturated carbocycles. The molecule has 1 atom stereocenters. The number of aryl methyl sites for hydroxylation is 1. The van der Waals surface area contributed by atoms with E-state index in [4.69, 9.17) is 0 Å². The van der Waals surface area contributed by atoms with Crippen molar-refractivity contribution in [1.29, 1.82) is 0 Å². The van der Waals surface area contributed by atoms with Gasteiger partial charge in [0.05, 0.1) is 11.6 Å². The van der Waals surface area contributed by atoms with Crippen LogP contribution in [0.15, 0.2) is 66.9 Å². The molecule has 0 amide bonds. The van der Waals surface area contributed by atoms with Crippen LogP contribution in [-0.2, 0) is 6.42 Å². The highest BCUT2D eigenvalue weighted by atomic mass is 16.3. The van der Waals surface area contributed by atoms with E-state index in [9.17, 15) is 5.11 Å². The summed E-state index contributed by atoms with van der Waals surface area (Å²) in [4.78, 5) is 4.36. The number of pyridine rings is 1. The van der Waals surface area contributed by atoms with Crippen LogP contribution in [0.1, 0.15) is 23.7 Å². The van der Waals surface area contributed by atoms with Gasteiger partial charge in [0.1, 0.15) is 0 Å². The zero-order valence-electron chi connectivity index (χ0n) is 11.2. The summed E-state index contributed by atoms with van der Waals surface area (Å²) >= 11 is 0. The van der Waals surface area contributed by atoms with Gasteiger partial charge in [-0.25, -0.2) is 0 Å². The van der Waals surface area contributed by atoms with Crippen molar-refractivity contribution >= 4 is 10.9 Å². The zero-order valence-corrected chi connectivity index (χ0v) is 11.2. The van der Waals surface area contributed by atoms with Crippen molar-refractivity contribution in [2.45, 2.75) is 18.9 Å². The minimum absolute atomic E-state index is 0.414. The van der Waals surface area contributed by atoms with Gasteiger partial charge in [0.2, 0.25) is 0 Å². The molecule has 0 aliphatic rings. The highest BCUT2D eigenvalue weighted by Crippen LogP contribution is 2.22. The highest BCUT2D eigenvalue weighted by molar-refractivity contribution is 5.81. The van der Waals surface area contributed by atoms with Gasteiger partial charge in [0.25, 0.3) is 0 Å². The average molecular weight is 263 g/mol. The van der Waals surface area contributed by atoms with Crippen LogP contribution in [0.25, 0.3) is 10.9 Å². The molecule has 2 heteroatoms. The fraction of sp³-hybridized carbons (Fsp3) is 0.167. The first-order chi connectivity index (χ1) is 9.84. The first-order valence-corrected chi connectivity index (χ1v) is 6.90. The summed E-state index contributed by atoms with van der Waals surface area (Å²) in [5.41, 5.74) is 3.23. The molecule has 1 aromatic heterocycles. The predicted molar refractivity (Wildman–Crippen MR) is 81.5 cm³/mol. The van der Waals surface area contributed by atoms with Crippen molar-refractivity contribution in [2.75, 3.05) is 0 Å². The molecule has 0 aliphatic carbocycles. The van der Waals surface area contributed by atoms with E-state index in [1.54, 1.807) is 0 Å². The summed E-state index contributed by atoms with van der Waals surface area (Å²) in [6.07, 6.45) is 2.99.